The number of anilines is 2. The van der Waals surface area contributed by atoms with E-state index in [1.54, 1.807) is 36.0 Å². The summed E-state index contributed by atoms with van der Waals surface area (Å²) in [5.74, 6) is 2.89. The summed E-state index contributed by atoms with van der Waals surface area (Å²) < 4.78 is 24.2. The predicted octanol–water partition coefficient (Wildman–Crippen LogP) is 6.37. The van der Waals surface area contributed by atoms with Crippen LogP contribution in [0.3, 0.4) is 0 Å². The van der Waals surface area contributed by atoms with Gasteiger partial charge in [0.25, 0.3) is 0 Å². The van der Waals surface area contributed by atoms with Crippen LogP contribution in [0.15, 0.2) is 67.0 Å². The minimum Gasteiger partial charge on any atom is -0.497 e. The Morgan fingerprint density at radius 3 is 2.04 bits per heavy atom. The number of aliphatic hydroxyl groups is 1. The summed E-state index contributed by atoms with van der Waals surface area (Å²) in [5.41, 5.74) is 3.93. The van der Waals surface area contributed by atoms with Crippen LogP contribution in [-0.2, 0) is 17.8 Å². The molecule has 0 spiro atoms. The number of amides is 1. The summed E-state index contributed by atoms with van der Waals surface area (Å²) in [6.45, 7) is 14.9. The van der Waals surface area contributed by atoms with E-state index < -0.39 is 11.7 Å². The number of aliphatic hydroxyl groups excluding tert-OH is 1. The summed E-state index contributed by atoms with van der Waals surface area (Å²) in [5, 5.41) is 16.7. The Labute approximate surface area is 322 Å². The fraction of sp³-hybridized carbons (Fsp3) is 0.439. The second-order valence-electron chi connectivity index (χ2n) is 14.8. The highest BCUT2D eigenvalue weighted by Gasteiger charge is 2.28. The molecule has 0 bridgehead atoms. The zero-order valence-electron chi connectivity index (χ0n) is 33.0. The number of imidazole rings is 1. The Balaban J connectivity index is 1.32. The fourth-order valence-electron chi connectivity index (χ4n) is 6.35. The first-order valence-electron chi connectivity index (χ1n) is 18.7. The van der Waals surface area contributed by atoms with E-state index in [4.69, 9.17) is 39.0 Å². The fourth-order valence-corrected chi connectivity index (χ4v) is 6.35. The van der Waals surface area contributed by atoms with E-state index in [1.807, 2.05) is 96.1 Å². The molecule has 1 N–H and O–H groups in total. The van der Waals surface area contributed by atoms with Gasteiger partial charge >= 0.3 is 12.1 Å². The van der Waals surface area contributed by atoms with E-state index in [1.165, 1.54) is 0 Å². The van der Waals surface area contributed by atoms with Crippen LogP contribution in [0.2, 0.25) is 0 Å². The van der Waals surface area contributed by atoms with Crippen molar-refractivity contribution in [3.8, 4) is 17.5 Å². The Kier molecular flexibility index (Phi) is 11.9. The average molecular weight is 753 g/mol. The molecule has 0 aliphatic carbocycles. The standard InChI is InChI=1S/C41H52N8O6/c1-9-28(3)54-39-44-38(48(25-29-10-14-32(52-7)15-11-29)26-30-12-16-33(53-8)17-13-30)37-43-24-34(49(37)45-39)35(50)31-22-27(2)36(42-23-31)46-18-20-47(21-19-46)40(51)55-41(4,5)6/h10-17,22-24,28,35,50H,9,18-21,25-26H2,1-8H3. The number of piperazine rings is 1. The van der Waals surface area contributed by atoms with Crippen molar-refractivity contribution in [1.82, 2.24) is 29.5 Å². The lowest BCUT2D eigenvalue weighted by atomic mass is 10.1. The molecule has 3 aromatic heterocycles. The number of hydrogen-bond acceptors (Lipinski definition) is 12. The first-order chi connectivity index (χ1) is 26.3. The minimum absolute atomic E-state index is 0.149. The Morgan fingerprint density at radius 2 is 1.51 bits per heavy atom. The summed E-state index contributed by atoms with van der Waals surface area (Å²) >= 11 is 0. The Hall–Kier alpha value is -5.63. The average Bonchev–Trinajstić information content (AvgIpc) is 3.61. The molecule has 1 fully saturated rings. The molecule has 0 radical (unpaired) electrons. The third kappa shape index (κ3) is 9.37. The van der Waals surface area contributed by atoms with Crippen LogP contribution in [0.1, 0.15) is 75.1 Å². The number of aryl methyl sites for hydroxylation is 1. The molecule has 1 amide bonds. The second-order valence-corrected chi connectivity index (χ2v) is 14.8. The highest BCUT2D eigenvalue weighted by atomic mass is 16.6. The number of nitrogens with zero attached hydrogens (tertiary/aromatic N) is 8. The molecule has 292 valence electrons. The van der Waals surface area contributed by atoms with Gasteiger partial charge in [0.15, 0.2) is 11.5 Å². The van der Waals surface area contributed by atoms with Crippen molar-refractivity contribution in [2.45, 2.75) is 78.9 Å². The van der Waals surface area contributed by atoms with E-state index in [0.717, 1.165) is 40.4 Å². The maximum absolute atomic E-state index is 12.6. The van der Waals surface area contributed by atoms with Crippen molar-refractivity contribution in [1.29, 1.82) is 0 Å². The van der Waals surface area contributed by atoms with Crippen molar-refractivity contribution in [3.63, 3.8) is 0 Å². The SMILES string of the molecule is CCC(C)Oc1nc(N(Cc2ccc(OC)cc2)Cc2ccc(OC)cc2)c2ncc(C(O)c3cnc(N4CCN(C(=O)OC(C)(C)C)CC4)c(C)c3)n2n1. The molecular formula is C41H52N8O6. The van der Waals surface area contributed by atoms with Crippen LogP contribution in [-0.4, -0.2) is 92.8 Å². The second kappa shape index (κ2) is 16.8. The Bertz CT molecular complexity index is 2010. The van der Waals surface area contributed by atoms with Gasteiger partial charge in [0.05, 0.1) is 32.2 Å². The third-order valence-electron chi connectivity index (χ3n) is 9.50. The normalized spacial score (nSPS) is 14.4. The van der Waals surface area contributed by atoms with Gasteiger partial charge in [0.1, 0.15) is 29.0 Å². The summed E-state index contributed by atoms with van der Waals surface area (Å²) in [6, 6.07) is 17.9. The zero-order chi connectivity index (χ0) is 39.3. The first kappa shape index (κ1) is 39.1. The number of ether oxygens (including phenoxy) is 4. The molecule has 1 aliphatic heterocycles. The number of fused-ring (bicyclic) bond motifs is 1. The van der Waals surface area contributed by atoms with E-state index in [9.17, 15) is 9.90 Å². The van der Waals surface area contributed by atoms with Gasteiger partial charge in [-0.25, -0.2) is 19.3 Å². The number of carbonyl (C=O) groups is 1. The smallest absolute Gasteiger partial charge is 0.410 e. The molecule has 2 atom stereocenters. The third-order valence-corrected chi connectivity index (χ3v) is 9.50. The number of benzene rings is 2. The molecule has 2 unspecified atom stereocenters. The number of hydrogen-bond donors (Lipinski definition) is 1. The summed E-state index contributed by atoms with van der Waals surface area (Å²) in [4.78, 5) is 33.1. The first-order valence-corrected chi connectivity index (χ1v) is 18.7. The van der Waals surface area contributed by atoms with Crippen LogP contribution in [0.4, 0.5) is 16.4 Å². The van der Waals surface area contributed by atoms with Crippen molar-refractivity contribution in [2.24, 2.45) is 0 Å². The number of carbonyl (C=O) groups excluding carboxylic acids is 1. The van der Waals surface area contributed by atoms with Crippen molar-refractivity contribution in [2.75, 3.05) is 50.2 Å². The lowest BCUT2D eigenvalue weighted by Gasteiger charge is -2.36. The molecule has 0 saturated carbocycles. The van der Waals surface area contributed by atoms with Crippen LogP contribution < -0.4 is 24.0 Å². The maximum atomic E-state index is 12.6. The monoisotopic (exact) mass is 752 g/mol. The number of aromatic nitrogens is 5. The van der Waals surface area contributed by atoms with E-state index in [0.29, 0.717) is 62.0 Å². The van der Waals surface area contributed by atoms with Crippen molar-refractivity contribution < 1.29 is 28.8 Å². The predicted molar refractivity (Wildman–Crippen MR) is 210 cm³/mol. The van der Waals surface area contributed by atoms with Gasteiger partial charge in [-0.1, -0.05) is 31.2 Å². The van der Waals surface area contributed by atoms with E-state index >= 15 is 0 Å². The molecular weight excluding hydrogens is 701 g/mol. The van der Waals surface area contributed by atoms with Gasteiger partial charge < -0.3 is 38.8 Å². The lowest BCUT2D eigenvalue weighted by molar-refractivity contribution is 0.0240. The largest absolute Gasteiger partial charge is 0.497 e. The highest BCUT2D eigenvalue weighted by Crippen LogP contribution is 2.31. The molecule has 5 aromatic rings. The molecule has 1 aliphatic rings. The van der Waals surface area contributed by atoms with Crippen molar-refractivity contribution >= 4 is 23.4 Å². The quantitative estimate of drug-likeness (QED) is 0.143. The van der Waals surface area contributed by atoms with Gasteiger partial charge in [-0.3, -0.25) is 0 Å². The van der Waals surface area contributed by atoms with Gasteiger partial charge in [-0.15, -0.1) is 5.10 Å². The maximum Gasteiger partial charge on any atom is 0.410 e. The minimum atomic E-state index is -1.10. The molecule has 1 saturated heterocycles. The number of methoxy groups -OCH3 is 2. The van der Waals surface area contributed by atoms with Crippen LogP contribution >= 0.6 is 0 Å². The molecule has 2 aromatic carbocycles. The van der Waals surface area contributed by atoms with Gasteiger partial charge in [0, 0.05) is 51.0 Å². The van der Waals surface area contributed by atoms with Crippen LogP contribution in [0.25, 0.3) is 5.65 Å². The lowest BCUT2D eigenvalue weighted by Crippen LogP contribution is -2.50. The number of rotatable bonds is 13. The van der Waals surface area contributed by atoms with Gasteiger partial charge in [-0.2, -0.15) is 4.98 Å². The highest BCUT2D eigenvalue weighted by molar-refractivity contribution is 5.69. The zero-order valence-corrected chi connectivity index (χ0v) is 33.0. The summed E-state index contributed by atoms with van der Waals surface area (Å²) in [7, 11) is 3.29. The number of pyridine rings is 1. The van der Waals surface area contributed by atoms with E-state index in [-0.39, 0.29) is 18.2 Å². The topological polar surface area (TPSA) is 140 Å². The summed E-state index contributed by atoms with van der Waals surface area (Å²) in [6.07, 6.45) is 2.51. The molecule has 55 heavy (non-hydrogen) atoms. The Morgan fingerprint density at radius 1 is 0.909 bits per heavy atom. The molecule has 4 heterocycles. The van der Waals surface area contributed by atoms with Crippen LogP contribution in [0, 0.1) is 6.92 Å². The van der Waals surface area contributed by atoms with Crippen molar-refractivity contribution in [3.05, 3.63) is 94.9 Å². The van der Waals surface area contributed by atoms with E-state index in [2.05, 4.69) is 9.80 Å². The molecule has 14 heteroatoms. The van der Waals surface area contributed by atoms with Gasteiger partial charge in [0.2, 0.25) is 0 Å². The van der Waals surface area contributed by atoms with Gasteiger partial charge in [-0.05, 0) is 88.1 Å². The molecule has 14 nitrogen and oxygen atoms in total. The molecule has 6 rings (SSSR count). The van der Waals surface area contributed by atoms with Crippen LogP contribution in [0.5, 0.6) is 17.5 Å².